The normalized spacial score (nSPS) is 14.4. The van der Waals surface area contributed by atoms with Gasteiger partial charge < -0.3 is 24.6 Å². The fourth-order valence-electron chi connectivity index (χ4n) is 3.77. The molecule has 4 atom stereocenters. The van der Waals surface area contributed by atoms with Crippen LogP contribution in [0.5, 0.6) is 17.2 Å². The molecule has 34 heavy (non-hydrogen) atoms. The third kappa shape index (κ3) is 7.37. The van der Waals surface area contributed by atoms with Crippen molar-refractivity contribution in [1.82, 2.24) is 10.3 Å². The number of carbonyl (C=O) groups is 2. The summed E-state index contributed by atoms with van der Waals surface area (Å²) in [6.07, 6.45) is 4.40. The zero-order chi connectivity index (χ0) is 25.1. The van der Waals surface area contributed by atoms with Crippen LogP contribution in [0.25, 0.3) is 0 Å². The predicted octanol–water partition coefficient (Wildman–Crippen LogP) is 4.51. The summed E-state index contributed by atoms with van der Waals surface area (Å²) < 4.78 is 17.0. The quantitative estimate of drug-likeness (QED) is 0.413. The van der Waals surface area contributed by atoms with Crippen molar-refractivity contribution >= 4 is 11.9 Å². The minimum Gasteiger partial charge on any atom is -0.503 e. The van der Waals surface area contributed by atoms with Crippen molar-refractivity contribution in [3.05, 3.63) is 48.3 Å². The van der Waals surface area contributed by atoms with Gasteiger partial charge in [0.05, 0.1) is 7.11 Å². The molecule has 2 N–H and O–H groups in total. The summed E-state index contributed by atoms with van der Waals surface area (Å²) in [5.74, 6) is -0.775. The van der Waals surface area contributed by atoms with E-state index in [-0.39, 0.29) is 29.2 Å². The number of para-hydroxylation sites is 1. The number of hydrogen-bond donors (Lipinski definition) is 2. The van der Waals surface area contributed by atoms with Crippen LogP contribution in [0.15, 0.2) is 42.6 Å². The first-order valence-corrected chi connectivity index (χ1v) is 11.8. The zero-order valence-electron chi connectivity index (χ0n) is 20.6. The maximum atomic E-state index is 12.8. The third-order valence-corrected chi connectivity index (χ3v) is 5.73. The van der Waals surface area contributed by atoms with Gasteiger partial charge in [-0.15, -0.1) is 0 Å². The van der Waals surface area contributed by atoms with Gasteiger partial charge in [0.25, 0.3) is 5.91 Å². The Balaban J connectivity index is 2.06. The molecule has 186 valence electrons. The van der Waals surface area contributed by atoms with E-state index in [1.165, 1.54) is 26.3 Å². The van der Waals surface area contributed by atoms with E-state index in [1.807, 2.05) is 37.3 Å². The van der Waals surface area contributed by atoms with Crippen molar-refractivity contribution in [1.29, 1.82) is 0 Å². The molecule has 0 spiro atoms. The maximum absolute atomic E-state index is 12.8. The molecular weight excluding hydrogens is 436 g/mol. The largest absolute Gasteiger partial charge is 0.503 e. The van der Waals surface area contributed by atoms with Crippen molar-refractivity contribution in [2.24, 2.45) is 5.92 Å². The lowest BCUT2D eigenvalue weighted by Crippen LogP contribution is -2.43. The number of methoxy groups -OCH3 is 1. The second-order valence-electron chi connectivity index (χ2n) is 8.23. The van der Waals surface area contributed by atoms with Crippen LogP contribution in [-0.4, -0.2) is 47.3 Å². The minimum atomic E-state index is -0.940. The van der Waals surface area contributed by atoms with Gasteiger partial charge in [0.2, 0.25) is 0 Å². The van der Waals surface area contributed by atoms with Gasteiger partial charge in [-0.25, -0.2) is 9.78 Å². The van der Waals surface area contributed by atoms with Gasteiger partial charge in [0.1, 0.15) is 24.0 Å². The molecule has 0 bridgehead atoms. The number of pyridine rings is 1. The Morgan fingerprint density at radius 1 is 1.12 bits per heavy atom. The number of aromatic nitrogens is 1. The van der Waals surface area contributed by atoms with E-state index in [9.17, 15) is 14.7 Å². The number of benzene rings is 1. The molecule has 1 aromatic heterocycles. The summed E-state index contributed by atoms with van der Waals surface area (Å²) in [5, 5.41) is 12.7. The lowest BCUT2D eigenvalue weighted by molar-refractivity contribution is -0.154. The van der Waals surface area contributed by atoms with Crippen molar-refractivity contribution in [2.45, 2.75) is 71.6 Å². The van der Waals surface area contributed by atoms with Crippen LogP contribution in [-0.2, 0) is 9.53 Å². The summed E-state index contributed by atoms with van der Waals surface area (Å²) in [7, 11) is 1.37. The molecule has 2 rings (SSSR count). The second-order valence-corrected chi connectivity index (χ2v) is 8.23. The van der Waals surface area contributed by atoms with Crippen LogP contribution in [0.1, 0.15) is 63.9 Å². The summed E-state index contributed by atoms with van der Waals surface area (Å²) in [5.41, 5.74) is -0.227. The Bertz CT molecular complexity index is 921. The average molecular weight is 473 g/mol. The molecule has 0 aliphatic heterocycles. The van der Waals surface area contributed by atoms with Crippen LogP contribution in [0.4, 0.5) is 0 Å². The summed E-state index contributed by atoms with van der Waals surface area (Å²) in [6.45, 7) is 7.56. The lowest BCUT2D eigenvalue weighted by Gasteiger charge is -2.32. The molecule has 1 heterocycles. The molecule has 0 aliphatic carbocycles. The molecule has 8 nitrogen and oxygen atoms in total. The molecule has 2 aromatic rings. The van der Waals surface area contributed by atoms with E-state index in [0.717, 1.165) is 31.4 Å². The number of ether oxygens (including phenoxy) is 3. The van der Waals surface area contributed by atoms with E-state index in [4.69, 9.17) is 14.2 Å². The third-order valence-electron chi connectivity index (χ3n) is 5.73. The maximum Gasteiger partial charge on any atom is 0.328 e. The number of nitrogens with zero attached hydrogens (tertiary/aromatic N) is 1. The van der Waals surface area contributed by atoms with Crippen molar-refractivity contribution in [3.8, 4) is 17.2 Å². The van der Waals surface area contributed by atoms with E-state index in [2.05, 4.69) is 24.1 Å². The number of aromatic hydroxyl groups is 1. The lowest BCUT2D eigenvalue weighted by atomic mass is 9.89. The van der Waals surface area contributed by atoms with Gasteiger partial charge in [0, 0.05) is 18.2 Å². The highest BCUT2D eigenvalue weighted by molar-refractivity contribution is 5.97. The molecular formula is C26H36N2O6. The zero-order valence-corrected chi connectivity index (χ0v) is 20.6. The Morgan fingerprint density at radius 3 is 2.44 bits per heavy atom. The van der Waals surface area contributed by atoms with E-state index >= 15 is 0 Å². The fourth-order valence-corrected chi connectivity index (χ4v) is 3.77. The predicted molar refractivity (Wildman–Crippen MR) is 129 cm³/mol. The number of hydrogen-bond acceptors (Lipinski definition) is 7. The van der Waals surface area contributed by atoms with E-state index in [0.29, 0.717) is 0 Å². The van der Waals surface area contributed by atoms with Crippen LogP contribution in [0, 0.1) is 5.92 Å². The number of esters is 1. The van der Waals surface area contributed by atoms with Gasteiger partial charge in [-0.05, 0) is 38.8 Å². The van der Waals surface area contributed by atoms with Crippen molar-refractivity contribution < 1.29 is 28.9 Å². The molecule has 0 saturated heterocycles. The van der Waals surface area contributed by atoms with Crippen molar-refractivity contribution in [2.75, 3.05) is 7.11 Å². The Morgan fingerprint density at radius 2 is 1.82 bits per heavy atom. The number of unbranched alkanes of at least 4 members (excludes halogenated alkanes) is 1. The summed E-state index contributed by atoms with van der Waals surface area (Å²) >= 11 is 0. The smallest absolute Gasteiger partial charge is 0.328 e. The molecule has 0 aliphatic rings. The molecule has 1 amide bonds. The van der Waals surface area contributed by atoms with Gasteiger partial charge in [-0.3, -0.25) is 4.79 Å². The highest BCUT2D eigenvalue weighted by Gasteiger charge is 2.31. The minimum absolute atomic E-state index is 0.0129. The Labute approximate surface area is 201 Å². The highest BCUT2D eigenvalue weighted by Crippen LogP contribution is 2.28. The van der Waals surface area contributed by atoms with E-state index < -0.39 is 24.0 Å². The number of rotatable bonds is 13. The van der Waals surface area contributed by atoms with Gasteiger partial charge in [0.15, 0.2) is 17.2 Å². The van der Waals surface area contributed by atoms with E-state index in [1.54, 1.807) is 0 Å². The van der Waals surface area contributed by atoms with Crippen LogP contribution >= 0.6 is 0 Å². The first-order valence-electron chi connectivity index (χ1n) is 11.8. The first-order chi connectivity index (χ1) is 16.3. The van der Waals surface area contributed by atoms with Gasteiger partial charge in [-0.1, -0.05) is 44.9 Å². The Kier molecular flexibility index (Phi) is 10.6. The van der Waals surface area contributed by atoms with Crippen LogP contribution in [0.2, 0.25) is 0 Å². The average Bonchev–Trinajstić information content (AvgIpc) is 2.84. The summed E-state index contributed by atoms with van der Waals surface area (Å²) in [6, 6.07) is 10.1. The molecule has 1 aromatic carbocycles. The SMILES string of the molecule is CCCC[C@@H]([C@H](C)OC(=O)[C@H](C)NC(=O)c1nccc(OC)c1O)[C@@H](CC)Oc1ccccc1. The molecule has 0 radical (unpaired) electrons. The fraction of sp³-hybridized carbons (Fsp3) is 0.500. The van der Waals surface area contributed by atoms with Crippen molar-refractivity contribution in [3.63, 3.8) is 0 Å². The highest BCUT2D eigenvalue weighted by atomic mass is 16.5. The number of nitrogens with one attached hydrogen (secondary N) is 1. The standard InChI is InChI=1S/C26H36N2O6/c1-6-8-14-20(21(7-2)34-19-12-10-9-11-13-19)18(4)33-26(31)17(3)28-25(30)23-24(29)22(32-5)15-16-27-23/h9-13,15-18,20-21,29H,6-8,14H2,1-5H3,(H,28,30)/t17-,18-,20-,21+/m0/s1. The first kappa shape index (κ1) is 27.0. The summed E-state index contributed by atoms with van der Waals surface area (Å²) in [4.78, 5) is 29.2. The molecule has 0 saturated carbocycles. The molecule has 0 fully saturated rings. The van der Waals surface area contributed by atoms with Crippen LogP contribution < -0.4 is 14.8 Å². The molecule has 8 heteroatoms. The topological polar surface area (TPSA) is 107 Å². The van der Waals surface area contributed by atoms with Gasteiger partial charge in [-0.2, -0.15) is 0 Å². The van der Waals surface area contributed by atoms with Gasteiger partial charge >= 0.3 is 5.97 Å². The number of amides is 1. The Hall–Kier alpha value is -3.29. The van der Waals surface area contributed by atoms with Crippen LogP contribution in [0.3, 0.4) is 0 Å². The number of carbonyl (C=O) groups excluding carboxylic acids is 2. The monoisotopic (exact) mass is 472 g/mol. The molecule has 0 unspecified atom stereocenters. The second kappa shape index (κ2) is 13.4.